The fourth-order valence-electron chi connectivity index (χ4n) is 2.34. The van der Waals surface area contributed by atoms with Crippen LogP contribution < -0.4 is 20.1 Å². The van der Waals surface area contributed by atoms with Crippen molar-refractivity contribution in [1.82, 2.24) is 10.6 Å². The third kappa shape index (κ3) is 3.59. The van der Waals surface area contributed by atoms with E-state index in [1.807, 2.05) is 18.2 Å². The van der Waals surface area contributed by atoms with Gasteiger partial charge in [0.15, 0.2) is 0 Å². The molecule has 2 atom stereocenters. The predicted octanol–water partition coefficient (Wildman–Crippen LogP) is 0.374. The molecule has 1 aliphatic heterocycles. The molecule has 5 nitrogen and oxygen atoms in total. The van der Waals surface area contributed by atoms with Crippen LogP contribution in [0.5, 0.6) is 11.5 Å². The summed E-state index contributed by atoms with van der Waals surface area (Å²) < 4.78 is 10.5. The number of aliphatic hydroxyl groups is 1. The summed E-state index contributed by atoms with van der Waals surface area (Å²) >= 11 is 0. The van der Waals surface area contributed by atoms with Crippen LogP contribution in [0.3, 0.4) is 0 Å². The molecule has 0 spiro atoms. The molecule has 1 aromatic rings. The Bertz CT molecular complexity index is 412. The summed E-state index contributed by atoms with van der Waals surface area (Å²) in [4.78, 5) is 0. The van der Waals surface area contributed by atoms with Crippen molar-refractivity contribution in [3.8, 4) is 11.5 Å². The molecule has 0 bridgehead atoms. The van der Waals surface area contributed by atoms with Crippen molar-refractivity contribution in [1.29, 1.82) is 0 Å². The maximum absolute atomic E-state index is 9.72. The van der Waals surface area contributed by atoms with Gasteiger partial charge in [-0.2, -0.15) is 0 Å². The van der Waals surface area contributed by atoms with Gasteiger partial charge in [0.1, 0.15) is 11.5 Å². The van der Waals surface area contributed by atoms with Crippen molar-refractivity contribution in [2.45, 2.75) is 12.6 Å². The number of rotatable bonds is 6. The predicted molar refractivity (Wildman–Crippen MR) is 73.6 cm³/mol. The van der Waals surface area contributed by atoms with Gasteiger partial charge in [-0.25, -0.2) is 0 Å². The first-order valence-electron chi connectivity index (χ1n) is 6.55. The molecule has 0 amide bonds. The summed E-state index contributed by atoms with van der Waals surface area (Å²) in [6.07, 6.45) is -0.250. The highest BCUT2D eigenvalue weighted by Crippen LogP contribution is 2.23. The van der Waals surface area contributed by atoms with E-state index in [0.29, 0.717) is 13.1 Å². The van der Waals surface area contributed by atoms with Gasteiger partial charge in [0.25, 0.3) is 0 Å². The van der Waals surface area contributed by atoms with E-state index in [1.54, 1.807) is 14.2 Å². The summed E-state index contributed by atoms with van der Waals surface area (Å²) in [5, 5.41) is 16.3. The number of nitrogens with one attached hydrogen (secondary N) is 2. The number of hydrogen-bond donors (Lipinski definition) is 3. The Labute approximate surface area is 113 Å². The molecule has 0 aliphatic carbocycles. The quantitative estimate of drug-likeness (QED) is 0.694. The molecule has 5 heteroatoms. The van der Waals surface area contributed by atoms with Crippen molar-refractivity contribution in [2.75, 3.05) is 33.9 Å². The summed E-state index contributed by atoms with van der Waals surface area (Å²) in [6, 6.07) is 5.75. The second-order valence-corrected chi connectivity index (χ2v) is 4.79. The molecular formula is C14H22N2O3. The summed E-state index contributed by atoms with van der Waals surface area (Å²) in [5.41, 5.74) is 1.06. The molecule has 1 aromatic carbocycles. The Morgan fingerprint density at radius 1 is 1.32 bits per heavy atom. The summed E-state index contributed by atoms with van der Waals surface area (Å²) in [5.74, 6) is 1.94. The summed E-state index contributed by atoms with van der Waals surface area (Å²) in [7, 11) is 3.32. The van der Waals surface area contributed by atoms with Gasteiger partial charge in [0.05, 0.1) is 20.3 Å². The average Bonchev–Trinajstić information content (AvgIpc) is 2.84. The first-order chi connectivity index (χ1) is 9.24. The Morgan fingerprint density at radius 3 is 2.79 bits per heavy atom. The lowest BCUT2D eigenvalue weighted by Crippen LogP contribution is -2.30. The normalized spacial score (nSPS) is 22.5. The molecule has 1 aliphatic rings. The van der Waals surface area contributed by atoms with Gasteiger partial charge in [-0.3, -0.25) is 0 Å². The highest BCUT2D eigenvalue weighted by atomic mass is 16.5. The zero-order valence-electron chi connectivity index (χ0n) is 11.5. The first kappa shape index (κ1) is 14.1. The minimum Gasteiger partial charge on any atom is -0.497 e. The van der Waals surface area contributed by atoms with E-state index < -0.39 is 0 Å². The van der Waals surface area contributed by atoms with E-state index in [4.69, 9.17) is 9.47 Å². The Hall–Kier alpha value is -1.30. The van der Waals surface area contributed by atoms with Crippen LogP contribution in [-0.4, -0.2) is 45.1 Å². The second kappa shape index (κ2) is 6.75. The largest absolute Gasteiger partial charge is 0.497 e. The van der Waals surface area contributed by atoms with Gasteiger partial charge in [-0.05, 0) is 18.2 Å². The van der Waals surface area contributed by atoms with E-state index in [1.165, 1.54) is 0 Å². The first-order valence-corrected chi connectivity index (χ1v) is 6.55. The van der Waals surface area contributed by atoms with Crippen molar-refractivity contribution < 1.29 is 14.6 Å². The van der Waals surface area contributed by atoms with Crippen LogP contribution in [0.1, 0.15) is 5.56 Å². The molecule has 1 saturated heterocycles. The van der Waals surface area contributed by atoms with Crippen LogP contribution >= 0.6 is 0 Å². The lowest BCUT2D eigenvalue weighted by atomic mass is 10.1. The zero-order valence-corrected chi connectivity index (χ0v) is 11.5. The van der Waals surface area contributed by atoms with E-state index >= 15 is 0 Å². The van der Waals surface area contributed by atoms with Crippen molar-refractivity contribution in [3.63, 3.8) is 0 Å². The third-order valence-corrected chi connectivity index (χ3v) is 3.51. The summed E-state index contributed by atoms with van der Waals surface area (Å²) in [6.45, 7) is 3.04. The monoisotopic (exact) mass is 266 g/mol. The van der Waals surface area contributed by atoms with Crippen molar-refractivity contribution >= 4 is 0 Å². The van der Waals surface area contributed by atoms with E-state index in [2.05, 4.69) is 10.6 Å². The molecule has 0 aromatic heterocycles. The average molecular weight is 266 g/mol. The van der Waals surface area contributed by atoms with Crippen LogP contribution in [0.2, 0.25) is 0 Å². The van der Waals surface area contributed by atoms with Gasteiger partial charge in [-0.15, -0.1) is 0 Å². The zero-order chi connectivity index (χ0) is 13.7. The highest BCUT2D eigenvalue weighted by molar-refractivity contribution is 5.40. The Kier molecular flexibility index (Phi) is 5.01. The molecule has 0 radical (unpaired) electrons. The molecule has 3 N–H and O–H groups in total. The molecule has 1 heterocycles. The molecular weight excluding hydrogens is 244 g/mol. The third-order valence-electron chi connectivity index (χ3n) is 3.51. The second-order valence-electron chi connectivity index (χ2n) is 4.79. The number of benzene rings is 1. The van der Waals surface area contributed by atoms with Gasteiger partial charge in [0, 0.05) is 37.7 Å². The minimum atomic E-state index is -0.250. The molecule has 106 valence electrons. The smallest absolute Gasteiger partial charge is 0.123 e. The topological polar surface area (TPSA) is 62.8 Å². The van der Waals surface area contributed by atoms with E-state index in [9.17, 15) is 5.11 Å². The number of β-amino-alcohol motifs (C(OH)–C–C–N with tert-alkyl or cyclic N) is 1. The van der Waals surface area contributed by atoms with Crippen molar-refractivity contribution in [2.24, 2.45) is 5.92 Å². The number of methoxy groups -OCH3 is 2. The van der Waals surface area contributed by atoms with E-state index in [-0.39, 0.29) is 12.0 Å². The van der Waals surface area contributed by atoms with Crippen molar-refractivity contribution in [3.05, 3.63) is 23.8 Å². The van der Waals surface area contributed by atoms with Crippen LogP contribution in [0.4, 0.5) is 0 Å². The molecule has 0 saturated carbocycles. The standard InChI is InChI=1S/C14H22N2O3/c1-18-12-3-4-14(19-2)10(5-12)6-15-7-11-8-16-9-13(11)17/h3-5,11,13,15-17H,6-9H2,1-2H3. The van der Waals surface area contributed by atoms with Crippen LogP contribution in [0.15, 0.2) is 18.2 Å². The lowest BCUT2D eigenvalue weighted by Gasteiger charge is -2.15. The van der Waals surface area contributed by atoms with Crippen LogP contribution in [0.25, 0.3) is 0 Å². The highest BCUT2D eigenvalue weighted by Gasteiger charge is 2.24. The lowest BCUT2D eigenvalue weighted by molar-refractivity contribution is 0.146. The molecule has 19 heavy (non-hydrogen) atoms. The molecule has 1 fully saturated rings. The molecule has 2 unspecified atom stereocenters. The fourth-order valence-corrected chi connectivity index (χ4v) is 2.34. The Morgan fingerprint density at radius 2 is 2.16 bits per heavy atom. The SMILES string of the molecule is COc1ccc(OC)c(CNCC2CNCC2O)c1. The Balaban J connectivity index is 1.90. The van der Waals surface area contributed by atoms with E-state index in [0.717, 1.165) is 30.2 Å². The van der Waals surface area contributed by atoms with Gasteiger partial charge >= 0.3 is 0 Å². The van der Waals surface area contributed by atoms with Crippen LogP contribution in [0, 0.1) is 5.92 Å². The van der Waals surface area contributed by atoms with Gasteiger partial charge in [0.2, 0.25) is 0 Å². The maximum atomic E-state index is 9.72. The van der Waals surface area contributed by atoms with Gasteiger partial charge < -0.3 is 25.2 Å². The fraction of sp³-hybridized carbons (Fsp3) is 0.571. The maximum Gasteiger partial charge on any atom is 0.123 e. The molecule has 2 rings (SSSR count). The number of ether oxygens (including phenoxy) is 2. The number of hydrogen-bond acceptors (Lipinski definition) is 5. The minimum absolute atomic E-state index is 0.250. The number of aliphatic hydroxyl groups excluding tert-OH is 1. The van der Waals surface area contributed by atoms with Crippen LogP contribution in [-0.2, 0) is 6.54 Å². The van der Waals surface area contributed by atoms with Gasteiger partial charge in [-0.1, -0.05) is 0 Å².